The van der Waals surface area contributed by atoms with Crippen molar-refractivity contribution >= 4 is 11.9 Å². The number of aliphatic carboxylic acids is 1. The molecule has 31 heavy (non-hydrogen) atoms. The zero-order valence-corrected chi connectivity index (χ0v) is 17.8. The molecule has 9 heteroatoms. The van der Waals surface area contributed by atoms with E-state index in [1.165, 1.54) is 0 Å². The van der Waals surface area contributed by atoms with Crippen molar-refractivity contribution < 1.29 is 32.5 Å². The SMILES string of the molecule is C[N+](NCC(=O)O)(C(=O)Cc1ccccc1)[C@@H]1CCC(C(F)(F)F)C[C@H]1N1CCCC1. The van der Waals surface area contributed by atoms with Gasteiger partial charge in [0.05, 0.1) is 25.4 Å². The van der Waals surface area contributed by atoms with Crippen LogP contribution in [0.25, 0.3) is 0 Å². The lowest BCUT2D eigenvalue weighted by Gasteiger charge is -2.48. The summed E-state index contributed by atoms with van der Waals surface area (Å²) >= 11 is 0. The Hall–Kier alpha value is -1.97. The molecule has 172 valence electrons. The number of halogens is 3. The maximum absolute atomic E-state index is 13.5. The van der Waals surface area contributed by atoms with Crippen LogP contribution in [0.2, 0.25) is 0 Å². The zero-order chi connectivity index (χ0) is 22.6. The molecule has 0 bridgehead atoms. The summed E-state index contributed by atoms with van der Waals surface area (Å²) in [6.45, 7) is 0.970. The lowest BCUT2D eigenvalue weighted by Crippen LogP contribution is -2.71. The number of amides is 1. The van der Waals surface area contributed by atoms with Crippen molar-refractivity contribution in [1.82, 2.24) is 10.3 Å². The second kappa shape index (κ2) is 9.67. The number of nitrogens with zero attached hydrogens (tertiary/aromatic N) is 2. The summed E-state index contributed by atoms with van der Waals surface area (Å²) in [5, 5.41) is 9.23. The van der Waals surface area contributed by atoms with Crippen LogP contribution in [0.3, 0.4) is 0 Å². The maximum atomic E-state index is 13.5. The number of quaternary nitrogens is 1. The fourth-order valence-corrected chi connectivity index (χ4v) is 5.05. The lowest BCUT2D eigenvalue weighted by atomic mass is 9.80. The molecular formula is C22H31F3N3O3+. The average Bonchev–Trinajstić information content (AvgIpc) is 3.26. The van der Waals surface area contributed by atoms with Crippen LogP contribution < -0.4 is 5.43 Å². The quantitative estimate of drug-likeness (QED) is 0.502. The number of hydrogen-bond donors (Lipinski definition) is 2. The number of nitrogens with one attached hydrogen (secondary N) is 1. The third-order valence-corrected chi connectivity index (χ3v) is 6.79. The fourth-order valence-electron chi connectivity index (χ4n) is 5.05. The number of likely N-dealkylation sites (N-methyl/N-ethyl adjacent to an activating group) is 1. The van der Waals surface area contributed by atoms with Gasteiger partial charge in [0.15, 0.2) is 0 Å². The normalized spacial score (nSPS) is 27.0. The van der Waals surface area contributed by atoms with E-state index in [9.17, 15) is 27.9 Å². The van der Waals surface area contributed by atoms with Crippen molar-refractivity contribution in [3.63, 3.8) is 0 Å². The topological polar surface area (TPSA) is 69.6 Å². The van der Waals surface area contributed by atoms with Crippen LogP contribution in [0.1, 0.15) is 37.7 Å². The first-order valence-corrected chi connectivity index (χ1v) is 10.8. The summed E-state index contributed by atoms with van der Waals surface area (Å²) in [6.07, 6.45) is -2.26. The summed E-state index contributed by atoms with van der Waals surface area (Å²) in [5.41, 5.74) is 3.66. The standard InChI is InChI=1S/C22H30F3N3O3/c1-28(26-15-21(30)31,20(29)13-16-7-3-2-4-8-16)19-10-9-17(22(23,24)25)14-18(19)27-11-5-6-12-27/h2-4,7-8,17-19,26H,5-6,9-15H2,1H3/p+1/t17?,18-,19-,28?/m1/s1. The van der Waals surface area contributed by atoms with E-state index in [1.54, 1.807) is 7.05 Å². The largest absolute Gasteiger partial charge is 0.480 e. The molecular weight excluding hydrogens is 411 g/mol. The Morgan fingerprint density at radius 1 is 1.16 bits per heavy atom. The molecule has 4 atom stereocenters. The first-order valence-electron chi connectivity index (χ1n) is 10.8. The summed E-state index contributed by atoms with van der Waals surface area (Å²) < 4.78 is 40.2. The summed E-state index contributed by atoms with van der Waals surface area (Å²) in [4.78, 5) is 26.8. The third kappa shape index (κ3) is 5.64. The van der Waals surface area contributed by atoms with E-state index in [-0.39, 0.29) is 36.2 Å². The van der Waals surface area contributed by atoms with Gasteiger partial charge in [-0.15, -0.1) is 5.43 Å². The van der Waals surface area contributed by atoms with Crippen molar-refractivity contribution in [2.75, 3.05) is 26.7 Å². The Labute approximate surface area is 180 Å². The third-order valence-electron chi connectivity index (χ3n) is 6.79. The molecule has 1 aliphatic carbocycles. The van der Waals surface area contributed by atoms with Gasteiger partial charge in [-0.1, -0.05) is 30.3 Å². The van der Waals surface area contributed by atoms with Crippen LogP contribution in [0.15, 0.2) is 30.3 Å². The number of rotatable bonds is 7. The Kier molecular flexibility index (Phi) is 7.39. The van der Waals surface area contributed by atoms with E-state index in [1.807, 2.05) is 30.3 Å². The Morgan fingerprint density at radius 3 is 2.39 bits per heavy atom. The van der Waals surface area contributed by atoms with Crippen LogP contribution in [0.4, 0.5) is 13.2 Å². The molecule has 2 fully saturated rings. The molecule has 1 saturated carbocycles. The number of likely N-dealkylation sites (tertiary alicyclic amines) is 1. The minimum Gasteiger partial charge on any atom is -0.480 e. The van der Waals surface area contributed by atoms with Crippen LogP contribution in [-0.4, -0.2) is 71.4 Å². The number of benzene rings is 1. The van der Waals surface area contributed by atoms with Crippen molar-refractivity contribution in [1.29, 1.82) is 0 Å². The molecule has 2 unspecified atom stereocenters. The first kappa shape index (κ1) is 23.7. The molecule has 1 heterocycles. The molecule has 1 aliphatic heterocycles. The number of alkyl halides is 3. The summed E-state index contributed by atoms with van der Waals surface area (Å²) in [5.74, 6) is -2.75. The van der Waals surface area contributed by atoms with Crippen molar-refractivity contribution in [2.24, 2.45) is 5.92 Å². The van der Waals surface area contributed by atoms with Crippen molar-refractivity contribution in [3.05, 3.63) is 35.9 Å². The number of carboxylic acid groups (broad SMARTS) is 1. The van der Waals surface area contributed by atoms with E-state index < -0.39 is 36.7 Å². The number of carboxylic acids is 1. The predicted molar refractivity (Wildman–Crippen MR) is 109 cm³/mol. The molecule has 1 saturated heterocycles. The predicted octanol–water partition coefficient (Wildman–Crippen LogP) is 2.99. The van der Waals surface area contributed by atoms with Crippen LogP contribution in [0, 0.1) is 5.92 Å². The number of carbonyl (C=O) groups excluding carboxylic acids is 1. The number of hydrogen-bond acceptors (Lipinski definition) is 4. The monoisotopic (exact) mass is 442 g/mol. The highest BCUT2D eigenvalue weighted by molar-refractivity contribution is 5.73. The number of carbonyl (C=O) groups is 2. The molecule has 1 amide bonds. The van der Waals surface area contributed by atoms with Gasteiger partial charge < -0.3 is 5.11 Å². The molecule has 0 aromatic heterocycles. The second-order valence-corrected chi connectivity index (χ2v) is 8.79. The van der Waals surface area contributed by atoms with Gasteiger partial charge in [0.1, 0.15) is 12.6 Å². The van der Waals surface area contributed by atoms with Gasteiger partial charge in [0.25, 0.3) is 0 Å². The van der Waals surface area contributed by atoms with Crippen LogP contribution in [0.5, 0.6) is 0 Å². The molecule has 1 aromatic carbocycles. The molecule has 1 aromatic rings. The van der Waals surface area contributed by atoms with Crippen LogP contribution in [-0.2, 0) is 16.0 Å². The van der Waals surface area contributed by atoms with Crippen molar-refractivity contribution in [2.45, 2.75) is 56.8 Å². The molecule has 3 rings (SSSR count). The van der Waals surface area contributed by atoms with Gasteiger partial charge in [-0.25, -0.2) is 4.79 Å². The molecule has 0 radical (unpaired) electrons. The van der Waals surface area contributed by atoms with Gasteiger partial charge in [-0.05, 0) is 44.3 Å². The maximum Gasteiger partial charge on any atom is 0.391 e. The van der Waals surface area contributed by atoms with Gasteiger partial charge in [-0.2, -0.15) is 17.8 Å². The van der Waals surface area contributed by atoms with Gasteiger partial charge in [-0.3, -0.25) is 9.69 Å². The first-order chi connectivity index (χ1) is 14.6. The highest BCUT2D eigenvalue weighted by Gasteiger charge is 2.54. The lowest BCUT2D eigenvalue weighted by molar-refractivity contribution is -0.907. The average molecular weight is 443 g/mol. The summed E-state index contributed by atoms with van der Waals surface area (Å²) in [7, 11) is 1.62. The van der Waals surface area contributed by atoms with E-state index in [0.29, 0.717) is 13.1 Å². The highest BCUT2D eigenvalue weighted by atomic mass is 19.4. The van der Waals surface area contributed by atoms with Crippen LogP contribution >= 0.6 is 0 Å². The highest BCUT2D eigenvalue weighted by Crippen LogP contribution is 2.42. The van der Waals surface area contributed by atoms with Gasteiger partial charge in [0.2, 0.25) is 0 Å². The van der Waals surface area contributed by atoms with E-state index >= 15 is 0 Å². The molecule has 2 N–H and O–H groups in total. The van der Waals surface area contributed by atoms with E-state index in [4.69, 9.17) is 0 Å². The van der Waals surface area contributed by atoms with E-state index in [2.05, 4.69) is 10.3 Å². The minimum absolute atomic E-state index is 0.0558. The molecule has 0 spiro atoms. The Morgan fingerprint density at radius 2 is 1.81 bits per heavy atom. The minimum atomic E-state index is -4.27. The van der Waals surface area contributed by atoms with Crippen molar-refractivity contribution in [3.8, 4) is 0 Å². The second-order valence-electron chi connectivity index (χ2n) is 8.79. The Bertz CT molecular complexity index is 768. The Balaban J connectivity index is 1.90. The molecule has 2 aliphatic rings. The fraction of sp³-hybridized carbons (Fsp3) is 0.636. The van der Waals surface area contributed by atoms with Gasteiger partial charge >= 0.3 is 18.1 Å². The summed E-state index contributed by atoms with van der Waals surface area (Å²) in [6, 6.07) is 8.22. The van der Waals surface area contributed by atoms with Gasteiger partial charge in [0, 0.05) is 6.42 Å². The van der Waals surface area contributed by atoms with E-state index in [0.717, 1.165) is 18.4 Å². The molecule has 6 nitrogen and oxygen atoms in total. The zero-order valence-electron chi connectivity index (χ0n) is 17.8. The smallest absolute Gasteiger partial charge is 0.391 e.